The average molecular weight is 509 g/mol. The summed E-state index contributed by atoms with van der Waals surface area (Å²) in [5, 5.41) is 6.87. The Morgan fingerprint density at radius 3 is 2.63 bits per heavy atom. The number of nitrogens with one attached hydrogen (secondary N) is 1. The number of hydrogen-bond acceptors (Lipinski definition) is 6. The quantitative estimate of drug-likeness (QED) is 0.544. The van der Waals surface area contributed by atoms with Crippen molar-refractivity contribution in [1.82, 2.24) is 14.8 Å². The smallest absolute Gasteiger partial charge is 0.384 e. The van der Waals surface area contributed by atoms with Gasteiger partial charge in [-0.25, -0.2) is 4.98 Å². The minimum Gasteiger partial charge on any atom is -0.384 e. The summed E-state index contributed by atoms with van der Waals surface area (Å²) in [7, 11) is 1.30. The third-order valence-electron chi connectivity index (χ3n) is 5.41. The van der Waals surface area contributed by atoms with Crippen LogP contribution in [0.25, 0.3) is 0 Å². The van der Waals surface area contributed by atoms with E-state index < -0.39 is 23.6 Å². The minimum absolute atomic E-state index is 0. The molecular formula is C22H23F3N6O3S. The van der Waals surface area contributed by atoms with Crippen molar-refractivity contribution in [3.63, 3.8) is 0 Å². The summed E-state index contributed by atoms with van der Waals surface area (Å²) in [5.41, 5.74) is 5.43. The van der Waals surface area contributed by atoms with Crippen molar-refractivity contribution in [3.05, 3.63) is 65.1 Å². The van der Waals surface area contributed by atoms with E-state index in [-0.39, 0.29) is 66.7 Å². The first-order valence-electron chi connectivity index (χ1n) is 10.2. The third kappa shape index (κ3) is 5.10. The lowest BCUT2D eigenvalue weighted by molar-refractivity contribution is -0.138. The van der Waals surface area contributed by atoms with Crippen LogP contribution in [0.15, 0.2) is 42.7 Å². The fourth-order valence-corrected chi connectivity index (χ4v) is 3.81. The molecule has 2 aromatic heterocycles. The van der Waals surface area contributed by atoms with Crippen molar-refractivity contribution < 1.29 is 27.5 Å². The maximum absolute atomic E-state index is 13.4. The summed E-state index contributed by atoms with van der Waals surface area (Å²) < 4.78 is 46.5. The number of halogens is 3. The van der Waals surface area contributed by atoms with Gasteiger partial charge in [-0.05, 0) is 42.8 Å². The lowest BCUT2D eigenvalue weighted by Crippen LogP contribution is -2.43. The molecule has 0 aliphatic carbocycles. The predicted molar refractivity (Wildman–Crippen MR) is 128 cm³/mol. The van der Waals surface area contributed by atoms with Crippen molar-refractivity contribution in [1.29, 1.82) is 0 Å². The molecule has 1 aromatic carbocycles. The number of benzene rings is 1. The molecule has 0 fully saturated rings. The Bertz CT molecular complexity index is 1250. The number of alkyl halides is 3. The van der Waals surface area contributed by atoms with E-state index in [1.54, 1.807) is 0 Å². The number of nitrogens with two attached hydrogens (primary N) is 1. The second-order valence-corrected chi connectivity index (χ2v) is 7.81. The molecule has 13 heteroatoms. The number of pyridine rings is 1. The SMILES string of the molecule is COCc1cc(N2C[C@H](C)n3ncc(NC(=O)c4ccc(N)nc4)c3C2=O)ccc1C(F)(F)F.S. The number of hydrogen-bond donors (Lipinski definition) is 2. The van der Waals surface area contributed by atoms with Crippen molar-refractivity contribution in [3.8, 4) is 0 Å². The Morgan fingerprint density at radius 1 is 1.26 bits per heavy atom. The van der Waals surface area contributed by atoms with Gasteiger partial charge in [0, 0.05) is 25.5 Å². The molecule has 3 heterocycles. The molecule has 3 N–H and O–H groups in total. The van der Waals surface area contributed by atoms with Crippen molar-refractivity contribution in [2.45, 2.75) is 25.7 Å². The molecule has 0 radical (unpaired) electrons. The highest BCUT2D eigenvalue weighted by atomic mass is 32.1. The van der Waals surface area contributed by atoms with Crippen LogP contribution >= 0.6 is 13.5 Å². The monoisotopic (exact) mass is 508 g/mol. The van der Waals surface area contributed by atoms with Gasteiger partial charge in [-0.15, -0.1) is 0 Å². The average Bonchev–Trinajstić information content (AvgIpc) is 3.20. The maximum atomic E-state index is 13.4. The van der Waals surface area contributed by atoms with Gasteiger partial charge in [-0.3, -0.25) is 14.3 Å². The molecule has 9 nitrogen and oxygen atoms in total. The summed E-state index contributed by atoms with van der Waals surface area (Å²) >= 11 is 0. The summed E-state index contributed by atoms with van der Waals surface area (Å²) in [6.07, 6.45) is -1.89. The molecule has 4 rings (SSSR count). The first-order chi connectivity index (χ1) is 16.1. The van der Waals surface area contributed by atoms with Gasteiger partial charge in [0.2, 0.25) is 0 Å². The van der Waals surface area contributed by atoms with Gasteiger partial charge in [-0.1, -0.05) is 0 Å². The largest absolute Gasteiger partial charge is 0.416 e. The van der Waals surface area contributed by atoms with Gasteiger partial charge in [0.05, 0.1) is 35.7 Å². The van der Waals surface area contributed by atoms with Gasteiger partial charge in [0.15, 0.2) is 5.69 Å². The second-order valence-electron chi connectivity index (χ2n) is 7.81. The summed E-state index contributed by atoms with van der Waals surface area (Å²) in [6, 6.07) is 6.14. The molecule has 0 spiro atoms. The minimum atomic E-state index is -4.56. The first kappa shape index (κ1) is 26.0. The van der Waals surface area contributed by atoms with Crippen LogP contribution < -0.4 is 16.0 Å². The van der Waals surface area contributed by atoms with Gasteiger partial charge in [0.25, 0.3) is 11.8 Å². The van der Waals surface area contributed by atoms with Gasteiger partial charge in [0.1, 0.15) is 5.82 Å². The summed E-state index contributed by atoms with van der Waals surface area (Å²) in [4.78, 5) is 31.2. The van der Waals surface area contributed by atoms with Gasteiger partial charge < -0.3 is 20.7 Å². The number of rotatable bonds is 5. The molecule has 1 atom stereocenters. The number of carbonyl (C=O) groups excluding carboxylic acids is 2. The molecule has 35 heavy (non-hydrogen) atoms. The molecule has 0 saturated carbocycles. The van der Waals surface area contributed by atoms with E-state index in [2.05, 4.69) is 15.4 Å². The molecule has 1 aliphatic heterocycles. The highest BCUT2D eigenvalue weighted by Crippen LogP contribution is 2.36. The standard InChI is InChI=1S/C22H21F3N6O3.H2S/c1-12-10-30(15-4-5-16(22(23,24)25)14(7-15)11-34-2)21(33)19-17(9-28-31(12)19)29-20(32)13-3-6-18(26)27-8-13;/h3-9,12H,10-11H2,1-2H3,(H2,26,27)(H,29,32);1H2/t12-;/m0./s1. The summed E-state index contributed by atoms with van der Waals surface area (Å²) in [6.45, 7) is 1.72. The molecular weight excluding hydrogens is 485 g/mol. The number of carbonyl (C=O) groups is 2. The fraction of sp³-hybridized carbons (Fsp3) is 0.273. The Balaban J connectivity index is 0.00000342. The normalized spacial score (nSPS) is 15.4. The van der Waals surface area contributed by atoms with Crippen LogP contribution in [-0.4, -0.2) is 40.2 Å². The van der Waals surface area contributed by atoms with E-state index in [0.29, 0.717) is 0 Å². The van der Waals surface area contributed by atoms with E-state index >= 15 is 0 Å². The fourth-order valence-electron chi connectivity index (χ4n) is 3.81. The predicted octanol–water partition coefficient (Wildman–Crippen LogP) is 3.61. The highest BCUT2D eigenvalue weighted by molar-refractivity contribution is 7.59. The number of fused-ring (bicyclic) bond motifs is 1. The Morgan fingerprint density at radius 2 is 2.00 bits per heavy atom. The van der Waals surface area contributed by atoms with Crippen molar-refractivity contribution in [2.24, 2.45) is 0 Å². The number of amides is 2. The van der Waals surface area contributed by atoms with Crippen LogP contribution in [0.2, 0.25) is 0 Å². The van der Waals surface area contributed by atoms with E-state index in [4.69, 9.17) is 10.5 Å². The molecule has 1 aliphatic rings. The van der Waals surface area contributed by atoms with E-state index in [1.807, 2.05) is 6.92 Å². The lowest BCUT2D eigenvalue weighted by atomic mass is 10.0. The van der Waals surface area contributed by atoms with Crippen LogP contribution in [0, 0.1) is 0 Å². The van der Waals surface area contributed by atoms with E-state index in [0.717, 1.165) is 6.07 Å². The van der Waals surface area contributed by atoms with E-state index in [9.17, 15) is 22.8 Å². The zero-order valence-electron chi connectivity index (χ0n) is 18.8. The molecule has 2 amide bonds. The Hall–Kier alpha value is -3.58. The van der Waals surface area contributed by atoms with Crippen LogP contribution in [0.3, 0.4) is 0 Å². The summed E-state index contributed by atoms with van der Waals surface area (Å²) in [5.74, 6) is -0.772. The van der Waals surface area contributed by atoms with Crippen LogP contribution in [-0.2, 0) is 17.5 Å². The second kappa shape index (κ2) is 9.96. The van der Waals surface area contributed by atoms with Crippen molar-refractivity contribution >= 4 is 42.5 Å². The first-order valence-corrected chi connectivity index (χ1v) is 10.2. The molecule has 3 aromatic rings. The number of aromatic nitrogens is 3. The molecule has 186 valence electrons. The van der Waals surface area contributed by atoms with Crippen molar-refractivity contribution in [2.75, 3.05) is 29.6 Å². The maximum Gasteiger partial charge on any atom is 0.416 e. The van der Waals surface area contributed by atoms with Crippen LogP contribution in [0.4, 0.5) is 30.4 Å². The Labute approximate surface area is 205 Å². The number of nitrogen functional groups attached to an aromatic ring is 1. The Kier molecular flexibility index (Phi) is 7.41. The lowest BCUT2D eigenvalue weighted by Gasteiger charge is -2.32. The third-order valence-corrected chi connectivity index (χ3v) is 5.41. The zero-order valence-corrected chi connectivity index (χ0v) is 19.8. The molecule has 0 saturated heterocycles. The zero-order chi connectivity index (χ0) is 24.6. The topological polar surface area (TPSA) is 115 Å². The van der Waals surface area contributed by atoms with Crippen LogP contribution in [0.5, 0.6) is 0 Å². The van der Waals surface area contributed by atoms with Gasteiger partial charge >= 0.3 is 6.18 Å². The number of ether oxygens (including phenoxy) is 1. The van der Waals surface area contributed by atoms with E-state index in [1.165, 1.54) is 53.4 Å². The van der Waals surface area contributed by atoms with Gasteiger partial charge in [-0.2, -0.15) is 31.8 Å². The molecule has 0 bridgehead atoms. The number of anilines is 3. The highest BCUT2D eigenvalue weighted by Gasteiger charge is 2.36. The van der Waals surface area contributed by atoms with Crippen LogP contribution in [0.1, 0.15) is 44.9 Å². The number of methoxy groups -OCH3 is 1. The number of nitrogens with zero attached hydrogens (tertiary/aromatic N) is 4. The molecule has 0 unspecified atom stereocenters.